The third kappa shape index (κ3) is 3.51. The lowest BCUT2D eigenvalue weighted by Gasteiger charge is -2.10. The van der Waals surface area contributed by atoms with E-state index in [1.807, 2.05) is 23.7 Å². The van der Waals surface area contributed by atoms with Gasteiger partial charge < -0.3 is 4.74 Å². The Labute approximate surface area is 125 Å². The molecule has 0 bridgehead atoms. The van der Waals surface area contributed by atoms with Crippen LogP contribution in [0.3, 0.4) is 0 Å². The smallest absolute Gasteiger partial charge is 0.159 e. The number of aryl methyl sites for hydroxylation is 3. The fourth-order valence-electron chi connectivity index (χ4n) is 2.26. The average molecular weight is 286 g/mol. The van der Waals surface area contributed by atoms with Gasteiger partial charge in [0, 0.05) is 12.1 Å². The molecule has 0 fully saturated rings. The van der Waals surface area contributed by atoms with E-state index in [9.17, 15) is 4.79 Å². The van der Waals surface area contributed by atoms with E-state index in [1.165, 1.54) is 0 Å². The van der Waals surface area contributed by atoms with Gasteiger partial charge in [-0.25, -0.2) is 0 Å². The highest BCUT2D eigenvalue weighted by Gasteiger charge is 2.08. The van der Waals surface area contributed by atoms with Gasteiger partial charge in [-0.05, 0) is 57.0 Å². The molecule has 0 spiro atoms. The summed E-state index contributed by atoms with van der Waals surface area (Å²) in [7, 11) is 0. The maximum atomic E-state index is 11.4. The Morgan fingerprint density at radius 2 is 2.05 bits per heavy atom. The zero-order chi connectivity index (χ0) is 15.4. The number of hydrogen-bond donors (Lipinski definition) is 0. The van der Waals surface area contributed by atoms with Crippen LogP contribution in [-0.2, 0) is 19.6 Å². The molecule has 21 heavy (non-hydrogen) atoms. The normalized spacial score (nSPS) is 10.7. The van der Waals surface area contributed by atoms with Crippen LogP contribution in [0.1, 0.15) is 48.1 Å². The van der Waals surface area contributed by atoms with Crippen molar-refractivity contribution in [2.75, 3.05) is 0 Å². The summed E-state index contributed by atoms with van der Waals surface area (Å²) in [4.78, 5) is 11.4. The van der Waals surface area contributed by atoms with Crippen LogP contribution >= 0.6 is 0 Å². The van der Waals surface area contributed by atoms with Gasteiger partial charge >= 0.3 is 0 Å². The summed E-state index contributed by atoms with van der Waals surface area (Å²) in [5, 5.41) is 4.51. The summed E-state index contributed by atoms with van der Waals surface area (Å²) >= 11 is 0. The summed E-state index contributed by atoms with van der Waals surface area (Å²) in [6, 6.07) is 7.62. The van der Waals surface area contributed by atoms with Crippen LogP contribution in [0.2, 0.25) is 0 Å². The van der Waals surface area contributed by atoms with Crippen molar-refractivity contribution in [2.24, 2.45) is 0 Å². The molecule has 2 rings (SSSR count). The van der Waals surface area contributed by atoms with Gasteiger partial charge in [0.2, 0.25) is 0 Å². The van der Waals surface area contributed by atoms with Gasteiger partial charge in [0.25, 0.3) is 0 Å². The number of aromatic nitrogens is 2. The Hall–Kier alpha value is -2.10. The second-order valence-corrected chi connectivity index (χ2v) is 5.12. The summed E-state index contributed by atoms with van der Waals surface area (Å²) in [5.74, 6) is 0.878. The standard InChI is InChI=1S/C17H22N2O2/c1-5-15-10-16(19(6-2)18-15)11-21-17-8-7-14(13(4)20)9-12(17)3/h7-10H,5-6,11H2,1-4H3. The van der Waals surface area contributed by atoms with E-state index in [1.54, 1.807) is 13.0 Å². The molecular weight excluding hydrogens is 264 g/mol. The maximum absolute atomic E-state index is 11.4. The Morgan fingerprint density at radius 3 is 2.62 bits per heavy atom. The number of carbonyl (C=O) groups is 1. The van der Waals surface area contributed by atoms with Crippen LogP contribution < -0.4 is 4.74 Å². The highest BCUT2D eigenvalue weighted by Crippen LogP contribution is 2.21. The number of rotatable bonds is 6. The third-order valence-corrected chi connectivity index (χ3v) is 3.53. The first-order valence-electron chi connectivity index (χ1n) is 7.35. The molecule has 0 aliphatic rings. The Morgan fingerprint density at radius 1 is 1.29 bits per heavy atom. The fraction of sp³-hybridized carbons (Fsp3) is 0.412. The first-order chi connectivity index (χ1) is 10.0. The predicted octanol–water partition coefficient (Wildman–Crippen LogP) is 3.56. The van der Waals surface area contributed by atoms with Gasteiger partial charge in [-0.3, -0.25) is 9.48 Å². The molecule has 0 amide bonds. The average Bonchev–Trinajstić information content (AvgIpc) is 2.88. The molecule has 0 N–H and O–H groups in total. The molecule has 1 aromatic carbocycles. The lowest BCUT2D eigenvalue weighted by molar-refractivity contribution is 0.101. The van der Waals surface area contributed by atoms with Crippen molar-refractivity contribution in [3.63, 3.8) is 0 Å². The number of hydrogen-bond acceptors (Lipinski definition) is 3. The van der Waals surface area contributed by atoms with E-state index in [4.69, 9.17) is 4.74 Å². The van der Waals surface area contributed by atoms with E-state index in [0.29, 0.717) is 12.2 Å². The predicted molar refractivity (Wildman–Crippen MR) is 82.8 cm³/mol. The van der Waals surface area contributed by atoms with Gasteiger partial charge in [0.15, 0.2) is 5.78 Å². The second-order valence-electron chi connectivity index (χ2n) is 5.12. The minimum Gasteiger partial charge on any atom is -0.487 e. The van der Waals surface area contributed by atoms with Crippen molar-refractivity contribution in [3.05, 3.63) is 46.8 Å². The van der Waals surface area contributed by atoms with E-state index in [-0.39, 0.29) is 5.78 Å². The molecule has 2 aromatic rings. The molecule has 112 valence electrons. The number of nitrogens with zero attached hydrogens (tertiary/aromatic N) is 2. The first kappa shape index (κ1) is 15.3. The monoisotopic (exact) mass is 286 g/mol. The zero-order valence-electron chi connectivity index (χ0n) is 13.1. The van der Waals surface area contributed by atoms with Crippen LogP contribution in [-0.4, -0.2) is 15.6 Å². The first-order valence-corrected chi connectivity index (χ1v) is 7.35. The highest BCUT2D eigenvalue weighted by atomic mass is 16.5. The number of ether oxygens (including phenoxy) is 1. The van der Waals surface area contributed by atoms with Crippen LogP contribution in [0, 0.1) is 6.92 Å². The Kier molecular flexibility index (Phi) is 4.78. The van der Waals surface area contributed by atoms with Gasteiger partial charge in [-0.15, -0.1) is 0 Å². The molecule has 1 heterocycles. The van der Waals surface area contributed by atoms with Crippen molar-refractivity contribution in [2.45, 2.75) is 47.3 Å². The van der Waals surface area contributed by atoms with Crippen LogP contribution in [0.15, 0.2) is 24.3 Å². The minimum atomic E-state index is 0.0706. The molecule has 4 heteroatoms. The zero-order valence-corrected chi connectivity index (χ0v) is 13.1. The van der Waals surface area contributed by atoms with Crippen molar-refractivity contribution < 1.29 is 9.53 Å². The minimum absolute atomic E-state index is 0.0706. The van der Waals surface area contributed by atoms with Gasteiger partial charge in [0.1, 0.15) is 12.4 Å². The molecule has 0 aliphatic heterocycles. The lowest BCUT2D eigenvalue weighted by Crippen LogP contribution is -2.07. The quantitative estimate of drug-likeness (QED) is 0.763. The maximum Gasteiger partial charge on any atom is 0.159 e. The van der Waals surface area contributed by atoms with Crippen molar-refractivity contribution >= 4 is 5.78 Å². The third-order valence-electron chi connectivity index (χ3n) is 3.53. The SMILES string of the molecule is CCc1cc(COc2ccc(C(C)=O)cc2C)n(CC)n1. The topological polar surface area (TPSA) is 44.1 Å². The number of benzene rings is 1. The van der Waals surface area contributed by atoms with E-state index in [2.05, 4.69) is 25.0 Å². The number of Topliss-reactive ketones (excluding diaryl/α,β-unsaturated/α-hetero) is 1. The van der Waals surface area contributed by atoms with Crippen molar-refractivity contribution in [1.82, 2.24) is 9.78 Å². The van der Waals surface area contributed by atoms with Gasteiger partial charge in [0.05, 0.1) is 11.4 Å². The molecule has 1 aromatic heterocycles. The fourth-order valence-corrected chi connectivity index (χ4v) is 2.26. The Balaban J connectivity index is 2.13. The largest absolute Gasteiger partial charge is 0.487 e. The Bertz CT molecular complexity index is 644. The molecule has 0 saturated heterocycles. The number of ketones is 1. The summed E-state index contributed by atoms with van der Waals surface area (Å²) in [6.07, 6.45) is 0.923. The van der Waals surface area contributed by atoms with Crippen LogP contribution in [0.5, 0.6) is 5.75 Å². The molecule has 4 nitrogen and oxygen atoms in total. The van der Waals surface area contributed by atoms with Crippen molar-refractivity contribution in [3.8, 4) is 5.75 Å². The highest BCUT2D eigenvalue weighted by molar-refractivity contribution is 5.94. The molecule has 0 aliphatic carbocycles. The summed E-state index contributed by atoms with van der Waals surface area (Å²) < 4.78 is 7.86. The van der Waals surface area contributed by atoms with E-state index in [0.717, 1.165) is 35.7 Å². The molecule has 0 saturated carbocycles. The van der Waals surface area contributed by atoms with Gasteiger partial charge in [-0.2, -0.15) is 5.10 Å². The van der Waals surface area contributed by atoms with E-state index < -0.39 is 0 Å². The molecule has 0 atom stereocenters. The van der Waals surface area contributed by atoms with Crippen molar-refractivity contribution in [1.29, 1.82) is 0 Å². The second kappa shape index (κ2) is 6.57. The summed E-state index contributed by atoms with van der Waals surface area (Å²) in [6.45, 7) is 9.01. The number of carbonyl (C=O) groups excluding carboxylic acids is 1. The van der Waals surface area contributed by atoms with Gasteiger partial charge in [-0.1, -0.05) is 6.92 Å². The molecule has 0 radical (unpaired) electrons. The van der Waals surface area contributed by atoms with E-state index >= 15 is 0 Å². The molecule has 0 unspecified atom stereocenters. The van der Waals surface area contributed by atoms with Crippen LogP contribution in [0.25, 0.3) is 0 Å². The summed E-state index contributed by atoms with van der Waals surface area (Å²) in [5.41, 5.74) is 3.84. The lowest BCUT2D eigenvalue weighted by atomic mass is 10.1. The van der Waals surface area contributed by atoms with Crippen LogP contribution in [0.4, 0.5) is 0 Å². The molecular formula is C17H22N2O2.